The zero-order valence-corrected chi connectivity index (χ0v) is 60.9. The molecule has 4 fully saturated rings. The van der Waals surface area contributed by atoms with E-state index in [1.165, 1.54) is 27.4 Å². The number of piperidine rings is 1. The highest BCUT2D eigenvalue weighted by Gasteiger charge is 2.65. The Morgan fingerprint density at radius 3 is 2.19 bits per heavy atom. The number of cyclic esters (lactones) is 2. The fourth-order valence-electron chi connectivity index (χ4n) is 17.2. The number of aliphatic hydroxyl groups is 2. The lowest BCUT2D eigenvalue weighted by Gasteiger charge is -2.52. The van der Waals surface area contributed by atoms with E-state index in [-0.39, 0.29) is 73.6 Å². The number of esters is 5. The molecule has 2 saturated heterocycles. The van der Waals surface area contributed by atoms with Crippen LogP contribution in [0.3, 0.4) is 0 Å². The number of allylic oxidation sites excluding steroid dienone is 7. The Kier molecular flexibility index (Phi) is 25.8. The number of carbonyl (C=O) groups is 10. The fourth-order valence-corrected chi connectivity index (χ4v) is 17.2. The number of methoxy groups -OCH3 is 3. The highest BCUT2D eigenvalue weighted by Crippen LogP contribution is 2.63. The minimum Gasteiger partial charge on any atom is -0.461 e. The number of amides is 1. The minimum absolute atomic E-state index is 0.00168. The summed E-state index contributed by atoms with van der Waals surface area (Å²) in [6, 6.07) is -1.23. The number of hydrogen-bond acceptors (Lipinski definition) is 23. The van der Waals surface area contributed by atoms with E-state index in [0.29, 0.717) is 99.3 Å². The lowest BCUT2D eigenvalue weighted by atomic mass is 9.54. The summed E-state index contributed by atoms with van der Waals surface area (Å²) in [7, 11) is 4.38. The average molecular weight is 1410 g/mol. The molecule has 5 heterocycles. The predicted octanol–water partition coefficient (Wildman–Crippen LogP) is 9.02. The van der Waals surface area contributed by atoms with Gasteiger partial charge in [0.2, 0.25) is 11.6 Å². The number of hydrogen-bond donors (Lipinski definition) is 2. The van der Waals surface area contributed by atoms with Gasteiger partial charge in [-0.2, -0.15) is 0 Å². The van der Waals surface area contributed by atoms with Gasteiger partial charge in [0.1, 0.15) is 79.6 Å². The zero-order chi connectivity index (χ0) is 73.6. The number of ketones is 4. The number of furan rings is 1. The van der Waals surface area contributed by atoms with Crippen molar-refractivity contribution in [3.63, 3.8) is 0 Å². The molecule has 556 valence electrons. The molecule has 1 aromatic heterocycles. The van der Waals surface area contributed by atoms with Crippen molar-refractivity contribution in [3.8, 4) is 0 Å². The van der Waals surface area contributed by atoms with E-state index in [2.05, 4.69) is 0 Å². The monoisotopic (exact) mass is 1410 g/mol. The van der Waals surface area contributed by atoms with E-state index >= 15 is 0 Å². The van der Waals surface area contributed by atoms with Crippen LogP contribution in [0.5, 0.6) is 0 Å². The molecule has 24 heteroatoms. The maximum Gasteiger partial charge on any atom is 0.342 e. The Morgan fingerprint density at radius 2 is 1.50 bits per heavy atom. The molecule has 1 aromatic rings. The molecule has 24 nitrogen and oxygen atoms in total. The summed E-state index contributed by atoms with van der Waals surface area (Å²) >= 11 is 0. The molecular formula is C77H105NO23. The third-order valence-electron chi connectivity index (χ3n) is 23.0. The van der Waals surface area contributed by atoms with Crippen LogP contribution in [0.4, 0.5) is 0 Å². The van der Waals surface area contributed by atoms with Crippen molar-refractivity contribution >= 4 is 58.9 Å². The topological polar surface area (TPSA) is 320 Å². The number of fused-ring (bicyclic) bond motifs is 6. The Bertz CT molecular complexity index is 3440. The zero-order valence-electron chi connectivity index (χ0n) is 60.9. The van der Waals surface area contributed by atoms with Gasteiger partial charge >= 0.3 is 29.8 Å². The summed E-state index contributed by atoms with van der Waals surface area (Å²) in [5, 5.41) is 23.7. The van der Waals surface area contributed by atoms with Gasteiger partial charge in [0.05, 0.1) is 24.2 Å². The summed E-state index contributed by atoms with van der Waals surface area (Å²) in [6.45, 7) is 16.3. The first-order chi connectivity index (χ1) is 47.9. The molecule has 4 aliphatic carbocycles. The summed E-state index contributed by atoms with van der Waals surface area (Å²) in [5.74, 6) is -12.4. The van der Waals surface area contributed by atoms with E-state index in [0.717, 1.165) is 10.5 Å². The van der Waals surface area contributed by atoms with Crippen molar-refractivity contribution in [1.82, 2.24) is 4.90 Å². The fraction of sp³-hybridized carbons (Fsp3) is 0.688. The first kappa shape index (κ1) is 78.3. The first-order valence-corrected chi connectivity index (χ1v) is 36.1. The largest absolute Gasteiger partial charge is 0.461 e. The van der Waals surface area contributed by atoms with E-state index in [4.69, 9.17) is 51.8 Å². The van der Waals surface area contributed by atoms with Crippen LogP contribution >= 0.6 is 0 Å². The highest BCUT2D eigenvalue weighted by atomic mass is 16.6. The molecule has 0 aromatic carbocycles. The second-order valence-electron chi connectivity index (χ2n) is 30.2. The maximum absolute atomic E-state index is 14.7. The van der Waals surface area contributed by atoms with E-state index in [9.17, 15) is 58.2 Å². The molecule has 1 amide bonds. The van der Waals surface area contributed by atoms with Crippen LogP contribution in [-0.4, -0.2) is 188 Å². The van der Waals surface area contributed by atoms with E-state index in [1.54, 1.807) is 40.9 Å². The van der Waals surface area contributed by atoms with Gasteiger partial charge in [0.15, 0.2) is 11.5 Å². The third-order valence-corrected chi connectivity index (χ3v) is 23.0. The number of ether oxygens (including phenoxy) is 10. The number of nitrogens with zero attached hydrogens (tertiary/aromatic N) is 1. The van der Waals surface area contributed by atoms with Gasteiger partial charge in [-0.15, -0.1) is 0 Å². The average Bonchev–Trinajstić information content (AvgIpc) is 1.65. The van der Waals surface area contributed by atoms with Gasteiger partial charge in [-0.25, -0.2) is 19.2 Å². The molecule has 2 saturated carbocycles. The SMILES string of the molecule is COC[C@H]1OC(=O)c2coc3c2[C@@]1(C)C1=C(C3=O)C2CC[C@H](OC(=O)COCC(=O)O[C@H]3CC[C@H](C[C@@H](C)[C@@H]4CC(=O)[C@H](C)/C=C(\C)[C@@H](O)[C@@H](OC)C(=O)[C@H](C)C[C@H](C)/C=C/C=C/C=C(\C)[C@@H](OC)C[C@@H]5CC[C@@H](C)[C@@](O)(O5)C(=O)C(=O)N5CCCC[C@H]5C(=O)O4)CC3)[C@@]2(C)C[C@H]1OC(C)=O. The van der Waals surface area contributed by atoms with Gasteiger partial charge in [0, 0.05) is 81.9 Å². The van der Waals surface area contributed by atoms with Crippen LogP contribution in [0.1, 0.15) is 198 Å². The van der Waals surface area contributed by atoms with Gasteiger partial charge in [-0.3, -0.25) is 28.8 Å². The third kappa shape index (κ3) is 16.9. The molecular weight excluding hydrogens is 1310 g/mol. The van der Waals surface area contributed by atoms with E-state index in [1.807, 2.05) is 65.0 Å². The van der Waals surface area contributed by atoms with Crippen molar-refractivity contribution in [3.05, 3.63) is 81.9 Å². The maximum atomic E-state index is 14.7. The lowest BCUT2D eigenvalue weighted by Crippen LogP contribution is -2.61. The normalized spacial score (nSPS) is 37.7. The standard InChI is InChI=1S/C77H105NO23/c1-41-19-15-14-16-20-42(2)56(92-12)34-51-25-22-47(7)77(90,101-51)71(86)72(87)78-30-18-17-21-54(78)74(89)98-57(35-55(80)43(3)32-46(6)67(84)70(93-13)66(83)45(5)31-41)44(4)33-49-23-26-50(27-24-49)97-61(81)39-94-40-62(82)99-59-29-28-53-63-65(58(96-48(8)79)36-75(53,59)9)76(10)60(38-91-11)100-73(88)52-37-95-69(64(52)76)68(63)85/h14-16,19-20,32,37,41,43-45,47,49-51,53-54,56-60,67,70,84,90H,17-18,21-31,33-36,38-40H2,1-13H3/b16-14+,19-15+,42-20+,46-32+/t41-,43-,44-,45-,47-,49-,50-,51+,53?,54+,56+,57+,58-,59+,60-,67-,70+,75+,76+,77-/m1/s1. The van der Waals surface area contributed by atoms with Gasteiger partial charge < -0.3 is 66.9 Å². The Labute approximate surface area is 591 Å². The van der Waals surface area contributed by atoms with Crippen molar-refractivity contribution in [2.24, 2.45) is 46.8 Å². The Morgan fingerprint density at radius 1 is 0.792 bits per heavy atom. The van der Waals surface area contributed by atoms with Crippen LogP contribution in [0.25, 0.3) is 0 Å². The van der Waals surface area contributed by atoms with Crippen molar-refractivity contribution in [2.45, 2.75) is 244 Å². The number of carbonyl (C=O) groups excluding carboxylic acids is 10. The van der Waals surface area contributed by atoms with Crippen LogP contribution in [0.15, 0.2) is 69.4 Å². The van der Waals surface area contributed by atoms with Gasteiger partial charge in [-0.05, 0) is 151 Å². The molecule has 4 aliphatic heterocycles. The summed E-state index contributed by atoms with van der Waals surface area (Å²) in [4.78, 5) is 141. The van der Waals surface area contributed by atoms with Gasteiger partial charge in [-0.1, -0.05) is 78.0 Å². The Hall–Kier alpha value is -6.80. The van der Waals surface area contributed by atoms with Crippen molar-refractivity contribution < 1.29 is 110 Å². The molecule has 101 heavy (non-hydrogen) atoms. The number of aliphatic hydroxyl groups excluding tert-OH is 1. The number of Topliss-reactive ketones (excluding diaryl/α,β-unsaturated/α-hetero) is 4. The Balaban J connectivity index is 0.839. The smallest absolute Gasteiger partial charge is 0.342 e. The van der Waals surface area contributed by atoms with E-state index < -0.39 is 168 Å². The molecule has 18 atom stereocenters. The number of rotatable bonds is 14. The minimum atomic E-state index is -2.50. The predicted molar refractivity (Wildman–Crippen MR) is 363 cm³/mol. The van der Waals surface area contributed by atoms with Crippen LogP contribution in [0, 0.1) is 46.8 Å². The molecule has 0 radical (unpaired) electrons. The van der Waals surface area contributed by atoms with Crippen LogP contribution in [-0.2, 0) is 91.1 Å². The lowest BCUT2D eigenvalue weighted by molar-refractivity contribution is -0.265. The quantitative estimate of drug-likeness (QED) is 0.0759. The summed E-state index contributed by atoms with van der Waals surface area (Å²) in [5.41, 5.74) is 0.448. The van der Waals surface area contributed by atoms with Gasteiger partial charge in [0.25, 0.3) is 11.7 Å². The first-order valence-electron chi connectivity index (χ1n) is 36.1. The van der Waals surface area contributed by atoms with Crippen molar-refractivity contribution in [2.75, 3.05) is 47.7 Å². The summed E-state index contributed by atoms with van der Waals surface area (Å²) < 4.78 is 64.8. The van der Waals surface area contributed by atoms with Crippen LogP contribution < -0.4 is 0 Å². The molecule has 1 unspecified atom stereocenters. The van der Waals surface area contributed by atoms with Crippen molar-refractivity contribution in [1.29, 1.82) is 0 Å². The molecule has 2 bridgehead atoms. The second kappa shape index (κ2) is 33.3. The molecule has 9 rings (SSSR count). The molecule has 8 aliphatic rings. The molecule has 0 spiro atoms. The summed E-state index contributed by atoms with van der Waals surface area (Å²) in [6.07, 6.45) is 10.4. The molecule has 2 N–H and O–H groups in total. The van der Waals surface area contributed by atoms with Crippen LogP contribution in [0.2, 0.25) is 0 Å². The highest BCUT2D eigenvalue weighted by molar-refractivity contribution is 6.39. The second-order valence-corrected chi connectivity index (χ2v) is 30.2.